The minimum atomic E-state index is -3.46. The van der Waals surface area contributed by atoms with Gasteiger partial charge >= 0.3 is 0 Å². The summed E-state index contributed by atoms with van der Waals surface area (Å²) in [5, 5.41) is 11.9. The molecular formula is C8H14N4O2S. The molecule has 2 aliphatic rings. The highest BCUT2D eigenvalue weighted by atomic mass is 32.2. The Hall–Kier alpha value is -0.680. The van der Waals surface area contributed by atoms with Crippen molar-refractivity contribution in [1.29, 1.82) is 5.26 Å². The van der Waals surface area contributed by atoms with Crippen LogP contribution in [0.4, 0.5) is 0 Å². The molecule has 6 nitrogen and oxygen atoms in total. The van der Waals surface area contributed by atoms with Crippen LogP contribution in [0.1, 0.15) is 12.8 Å². The fourth-order valence-corrected chi connectivity index (χ4v) is 3.14. The van der Waals surface area contributed by atoms with Gasteiger partial charge in [0.15, 0.2) is 0 Å². The third-order valence-corrected chi connectivity index (χ3v) is 4.23. The van der Waals surface area contributed by atoms with Crippen LogP contribution >= 0.6 is 0 Å². The molecule has 0 spiro atoms. The molecule has 0 amide bonds. The lowest BCUT2D eigenvalue weighted by atomic mass is 10.3. The Kier molecular flexibility index (Phi) is 2.93. The average Bonchev–Trinajstić information content (AvgIpc) is 3.01. The third kappa shape index (κ3) is 2.46. The second-order valence-corrected chi connectivity index (χ2v) is 5.51. The van der Waals surface area contributed by atoms with Crippen LogP contribution in [-0.4, -0.2) is 44.4 Å². The lowest BCUT2D eigenvalue weighted by Crippen LogP contribution is -2.56. The summed E-state index contributed by atoms with van der Waals surface area (Å²) >= 11 is 0. The molecular weight excluding hydrogens is 216 g/mol. The largest absolute Gasteiger partial charge is 0.313 e. The van der Waals surface area contributed by atoms with Gasteiger partial charge in [0.05, 0.1) is 6.07 Å². The van der Waals surface area contributed by atoms with Crippen molar-refractivity contribution in [1.82, 2.24) is 14.3 Å². The van der Waals surface area contributed by atoms with Crippen LogP contribution in [0.25, 0.3) is 0 Å². The minimum absolute atomic E-state index is 0.0872. The molecule has 1 unspecified atom stereocenters. The lowest BCUT2D eigenvalue weighted by molar-refractivity contribution is 0.307. The van der Waals surface area contributed by atoms with E-state index in [-0.39, 0.29) is 6.04 Å². The summed E-state index contributed by atoms with van der Waals surface area (Å²) in [5.74, 6) is 0. The Labute approximate surface area is 89.4 Å². The summed E-state index contributed by atoms with van der Waals surface area (Å²) in [4.78, 5) is 0. The second-order valence-electron chi connectivity index (χ2n) is 3.86. The Balaban J connectivity index is 2.08. The highest BCUT2D eigenvalue weighted by Crippen LogP contribution is 2.21. The standard InChI is InChI=1S/C8H14N4O2S/c9-5-8-6-10-3-4-12(8)15(13,14)11-7-1-2-7/h7-8,10-11H,1-4,6H2. The van der Waals surface area contributed by atoms with E-state index in [9.17, 15) is 8.42 Å². The molecule has 2 fully saturated rings. The molecule has 0 aromatic heterocycles. The van der Waals surface area contributed by atoms with E-state index < -0.39 is 16.3 Å². The van der Waals surface area contributed by atoms with Crippen molar-refractivity contribution >= 4 is 10.2 Å². The van der Waals surface area contributed by atoms with Crippen LogP contribution in [0.2, 0.25) is 0 Å². The molecule has 1 heterocycles. The maximum Gasteiger partial charge on any atom is 0.280 e. The number of rotatable bonds is 3. The molecule has 2 rings (SSSR count). The number of nitriles is 1. The van der Waals surface area contributed by atoms with Gasteiger partial charge in [-0.3, -0.25) is 0 Å². The second kappa shape index (κ2) is 4.06. The predicted octanol–water partition coefficient (Wildman–Crippen LogP) is -1.22. The van der Waals surface area contributed by atoms with Crippen molar-refractivity contribution < 1.29 is 8.42 Å². The Morgan fingerprint density at radius 2 is 2.20 bits per heavy atom. The molecule has 84 valence electrons. The zero-order valence-electron chi connectivity index (χ0n) is 8.31. The van der Waals surface area contributed by atoms with E-state index in [1.807, 2.05) is 6.07 Å². The van der Waals surface area contributed by atoms with Crippen LogP contribution < -0.4 is 10.0 Å². The summed E-state index contributed by atoms with van der Waals surface area (Å²) < 4.78 is 27.5. The monoisotopic (exact) mass is 230 g/mol. The summed E-state index contributed by atoms with van der Waals surface area (Å²) in [7, 11) is -3.46. The van der Waals surface area contributed by atoms with Crippen molar-refractivity contribution in [3.05, 3.63) is 0 Å². The first-order valence-electron chi connectivity index (χ1n) is 5.03. The predicted molar refractivity (Wildman–Crippen MR) is 54.1 cm³/mol. The van der Waals surface area contributed by atoms with Gasteiger partial charge in [0.25, 0.3) is 10.2 Å². The van der Waals surface area contributed by atoms with E-state index in [2.05, 4.69) is 10.0 Å². The fourth-order valence-electron chi connectivity index (χ4n) is 1.56. The van der Waals surface area contributed by atoms with Crippen LogP contribution in [0, 0.1) is 11.3 Å². The first-order chi connectivity index (χ1) is 7.13. The van der Waals surface area contributed by atoms with Crippen molar-refractivity contribution in [2.45, 2.75) is 24.9 Å². The molecule has 0 bridgehead atoms. The maximum absolute atomic E-state index is 11.8. The number of hydrogen-bond acceptors (Lipinski definition) is 4. The summed E-state index contributed by atoms with van der Waals surface area (Å²) in [6.07, 6.45) is 1.81. The molecule has 7 heteroatoms. The summed E-state index contributed by atoms with van der Waals surface area (Å²) in [5.41, 5.74) is 0. The van der Waals surface area contributed by atoms with Gasteiger partial charge in [0.2, 0.25) is 0 Å². The Morgan fingerprint density at radius 3 is 2.80 bits per heavy atom. The number of piperazine rings is 1. The van der Waals surface area contributed by atoms with Crippen LogP contribution in [0.3, 0.4) is 0 Å². The van der Waals surface area contributed by atoms with Gasteiger partial charge in [-0.25, -0.2) is 0 Å². The van der Waals surface area contributed by atoms with Gasteiger partial charge in [-0.1, -0.05) is 0 Å². The molecule has 15 heavy (non-hydrogen) atoms. The van der Waals surface area contributed by atoms with Gasteiger partial charge in [-0.15, -0.1) is 0 Å². The van der Waals surface area contributed by atoms with Gasteiger partial charge < -0.3 is 5.32 Å². The fraction of sp³-hybridized carbons (Fsp3) is 0.875. The molecule has 1 saturated heterocycles. The summed E-state index contributed by atoms with van der Waals surface area (Å²) in [6, 6.07) is 1.50. The van der Waals surface area contributed by atoms with Crippen molar-refractivity contribution in [3.8, 4) is 6.07 Å². The normalized spacial score (nSPS) is 28.6. The van der Waals surface area contributed by atoms with Crippen molar-refractivity contribution in [3.63, 3.8) is 0 Å². The average molecular weight is 230 g/mol. The molecule has 1 aliphatic carbocycles. The van der Waals surface area contributed by atoms with E-state index in [0.717, 1.165) is 12.8 Å². The van der Waals surface area contributed by atoms with E-state index in [4.69, 9.17) is 5.26 Å². The number of hydrogen-bond donors (Lipinski definition) is 2. The molecule has 1 atom stereocenters. The topological polar surface area (TPSA) is 85.2 Å². The van der Waals surface area contributed by atoms with E-state index in [0.29, 0.717) is 19.6 Å². The molecule has 0 aromatic rings. The minimum Gasteiger partial charge on any atom is -0.313 e. The smallest absolute Gasteiger partial charge is 0.280 e. The summed E-state index contributed by atoms with van der Waals surface area (Å²) in [6.45, 7) is 1.37. The van der Waals surface area contributed by atoms with E-state index in [1.165, 1.54) is 4.31 Å². The van der Waals surface area contributed by atoms with E-state index >= 15 is 0 Å². The molecule has 2 N–H and O–H groups in total. The van der Waals surface area contributed by atoms with Gasteiger partial charge in [-0.05, 0) is 12.8 Å². The highest BCUT2D eigenvalue weighted by Gasteiger charge is 2.36. The molecule has 0 radical (unpaired) electrons. The van der Waals surface area contributed by atoms with Gasteiger partial charge in [0.1, 0.15) is 6.04 Å². The van der Waals surface area contributed by atoms with Gasteiger partial charge in [-0.2, -0.15) is 22.7 Å². The van der Waals surface area contributed by atoms with Crippen LogP contribution in [0.5, 0.6) is 0 Å². The van der Waals surface area contributed by atoms with Crippen LogP contribution in [0.15, 0.2) is 0 Å². The third-order valence-electron chi connectivity index (χ3n) is 2.54. The SMILES string of the molecule is N#CC1CNCCN1S(=O)(=O)NC1CC1. The molecule has 0 aromatic carbocycles. The highest BCUT2D eigenvalue weighted by molar-refractivity contribution is 7.87. The zero-order chi connectivity index (χ0) is 10.9. The molecule has 1 saturated carbocycles. The van der Waals surface area contributed by atoms with Crippen LogP contribution in [-0.2, 0) is 10.2 Å². The zero-order valence-corrected chi connectivity index (χ0v) is 9.13. The number of nitrogens with one attached hydrogen (secondary N) is 2. The molecule has 1 aliphatic heterocycles. The number of nitrogens with zero attached hydrogens (tertiary/aromatic N) is 2. The quantitative estimate of drug-likeness (QED) is 0.636. The Morgan fingerprint density at radius 1 is 1.47 bits per heavy atom. The maximum atomic E-state index is 11.8. The van der Waals surface area contributed by atoms with Crippen molar-refractivity contribution in [2.75, 3.05) is 19.6 Å². The lowest BCUT2D eigenvalue weighted by Gasteiger charge is -2.30. The van der Waals surface area contributed by atoms with E-state index in [1.54, 1.807) is 0 Å². The van der Waals surface area contributed by atoms with Gasteiger partial charge in [0, 0.05) is 25.7 Å². The van der Waals surface area contributed by atoms with Crippen molar-refractivity contribution in [2.24, 2.45) is 0 Å². The Bertz CT molecular complexity index is 371. The first-order valence-corrected chi connectivity index (χ1v) is 6.47. The first kappa shape index (κ1) is 10.8.